The summed E-state index contributed by atoms with van der Waals surface area (Å²) in [5.74, 6) is -0.915. The molecule has 0 unspecified atom stereocenters. The van der Waals surface area contributed by atoms with Crippen molar-refractivity contribution in [3.05, 3.63) is 34.9 Å². The van der Waals surface area contributed by atoms with E-state index in [0.717, 1.165) is 15.6 Å². The van der Waals surface area contributed by atoms with Gasteiger partial charge in [-0.15, -0.1) is 0 Å². The molecule has 0 saturated heterocycles. The molecule has 120 valence electrons. The molecule has 0 amide bonds. The van der Waals surface area contributed by atoms with Crippen LogP contribution in [0.3, 0.4) is 0 Å². The predicted molar refractivity (Wildman–Crippen MR) is 87.6 cm³/mol. The van der Waals surface area contributed by atoms with Gasteiger partial charge in [-0.1, -0.05) is 23.9 Å². The third-order valence-electron chi connectivity index (χ3n) is 3.91. The zero-order chi connectivity index (χ0) is 16.4. The highest BCUT2D eigenvalue weighted by molar-refractivity contribution is 8.03. The standard InChI is InChI=1S/C17H18N2O3S/c1-3-21-15-9-11(17(20)22-4-2)12(10-18)16-19(15)13-7-5-6-8-14(13)23-16/h5-8,11,15H,3-4,9H2,1-2H3/t11-,15+/m1/s1. The number of esters is 1. The third kappa shape index (κ3) is 2.71. The van der Waals surface area contributed by atoms with E-state index in [2.05, 4.69) is 6.07 Å². The second kappa shape index (κ2) is 6.65. The van der Waals surface area contributed by atoms with E-state index < -0.39 is 5.92 Å². The van der Waals surface area contributed by atoms with Crippen LogP contribution in [0.4, 0.5) is 5.69 Å². The van der Waals surface area contributed by atoms with Gasteiger partial charge in [0, 0.05) is 17.9 Å². The first-order valence-corrected chi connectivity index (χ1v) is 8.51. The minimum absolute atomic E-state index is 0.266. The number of anilines is 1. The molecule has 0 aromatic heterocycles. The monoisotopic (exact) mass is 330 g/mol. The van der Waals surface area contributed by atoms with Crippen LogP contribution < -0.4 is 4.90 Å². The fraction of sp³-hybridized carbons (Fsp3) is 0.412. The SMILES string of the molecule is CCOC(=O)[C@@H]1C[C@H](OCC)N2C(=C1C#N)Sc1ccccc12. The molecule has 1 aromatic carbocycles. The molecule has 5 nitrogen and oxygen atoms in total. The Balaban J connectivity index is 2.07. The molecular formula is C17H18N2O3S. The molecule has 3 rings (SSSR count). The van der Waals surface area contributed by atoms with Crippen LogP contribution in [0.2, 0.25) is 0 Å². The van der Waals surface area contributed by atoms with Crippen LogP contribution in [0.15, 0.2) is 39.8 Å². The van der Waals surface area contributed by atoms with Gasteiger partial charge in [-0.05, 0) is 26.0 Å². The van der Waals surface area contributed by atoms with Crippen LogP contribution in [0, 0.1) is 17.2 Å². The number of hydrogen-bond donors (Lipinski definition) is 0. The zero-order valence-corrected chi connectivity index (χ0v) is 13.9. The Bertz CT molecular complexity index is 695. The largest absolute Gasteiger partial charge is 0.465 e. The lowest BCUT2D eigenvalue weighted by Crippen LogP contribution is -2.43. The first-order valence-electron chi connectivity index (χ1n) is 7.69. The van der Waals surface area contributed by atoms with E-state index in [4.69, 9.17) is 9.47 Å². The highest BCUT2D eigenvalue weighted by atomic mass is 32.2. The van der Waals surface area contributed by atoms with Crippen molar-refractivity contribution in [3.63, 3.8) is 0 Å². The third-order valence-corrected chi connectivity index (χ3v) is 5.08. The molecule has 0 spiro atoms. The van der Waals surface area contributed by atoms with E-state index in [-0.39, 0.29) is 12.2 Å². The van der Waals surface area contributed by atoms with E-state index in [9.17, 15) is 10.1 Å². The van der Waals surface area contributed by atoms with Crippen molar-refractivity contribution in [2.24, 2.45) is 5.92 Å². The van der Waals surface area contributed by atoms with E-state index in [1.165, 1.54) is 11.8 Å². The number of nitrogens with zero attached hydrogens (tertiary/aromatic N) is 2. The van der Waals surface area contributed by atoms with Crippen molar-refractivity contribution in [3.8, 4) is 6.07 Å². The highest BCUT2D eigenvalue weighted by Gasteiger charge is 2.44. The number of rotatable bonds is 4. The van der Waals surface area contributed by atoms with Gasteiger partial charge in [0.15, 0.2) is 0 Å². The van der Waals surface area contributed by atoms with Crippen LogP contribution in [-0.4, -0.2) is 25.4 Å². The molecule has 0 saturated carbocycles. The molecule has 1 aromatic rings. The Morgan fingerprint density at radius 1 is 1.39 bits per heavy atom. The van der Waals surface area contributed by atoms with Crippen LogP contribution in [0.5, 0.6) is 0 Å². The summed E-state index contributed by atoms with van der Waals surface area (Å²) in [6.07, 6.45) is 0.159. The molecule has 6 heteroatoms. The lowest BCUT2D eigenvalue weighted by atomic mass is 9.92. The number of fused-ring (bicyclic) bond motifs is 3. The lowest BCUT2D eigenvalue weighted by Gasteiger charge is -2.37. The number of hydrogen-bond acceptors (Lipinski definition) is 6. The molecule has 23 heavy (non-hydrogen) atoms. The fourth-order valence-corrected chi connectivity index (χ4v) is 4.21. The number of carbonyl (C=O) groups excluding carboxylic acids is 1. The summed E-state index contributed by atoms with van der Waals surface area (Å²) in [6.45, 7) is 4.54. The molecule has 2 heterocycles. The second-order valence-corrected chi connectivity index (χ2v) is 6.25. The van der Waals surface area contributed by atoms with Crippen molar-refractivity contribution in [1.82, 2.24) is 0 Å². The zero-order valence-electron chi connectivity index (χ0n) is 13.1. The van der Waals surface area contributed by atoms with Gasteiger partial charge in [0.05, 0.1) is 34.9 Å². The van der Waals surface area contributed by atoms with Gasteiger partial charge in [0.25, 0.3) is 0 Å². The van der Waals surface area contributed by atoms with Crippen LogP contribution in [0.25, 0.3) is 0 Å². The maximum atomic E-state index is 12.3. The topological polar surface area (TPSA) is 62.6 Å². The van der Waals surface area contributed by atoms with Crippen LogP contribution in [-0.2, 0) is 14.3 Å². The van der Waals surface area contributed by atoms with E-state index >= 15 is 0 Å². The molecule has 0 N–H and O–H groups in total. The van der Waals surface area contributed by atoms with Crippen molar-refractivity contribution in [2.75, 3.05) is 18.1 Å². The van der Waals surface area contributed by atoms with Gasteiger partial charge in [-0.25, -0.2) is 0 Å². The van der Waals surface area contributed by atoms with Gasteiger partial charge < -0.3 is 14.4 Å². The summed E-state index contributed by atoms with van der Waals surface area (Å²) in [5, 5.41) is 10.4. The number of nitriles is 1. The predicted octanol–water partition coefficient (Wildman–Crippen LogP) is 3.28. The first-order chi connectivity index (χ1) is 11.2. The fourth-order valence-electron chi connectivity index (χ4n) is 2.97. The lowest BCUT2D eigenvalue weighted by molar-refractivity contribution is -0.148. The maximum absolute atomic E-state index is 12.3. The summed E-state index contributed by atoms with van der Waals surface area (Å²) in [6, 6.07) is 10.2. The van der Waals surface area contributed by atoms with Gasteiger partial charge in [-0.3, -0.25) is 4.79 Å². The van der Waals surface area contributed by atoms with Crippen molar-refractivity contribution >= 4 is 23.4 Å². The van der Waals surface area contributed by atoms with Gasteiger partial charge in [-0.2, -0.15) is 5.26 Å². The number of ether oxygens (including phenoxy) is 2. The average Bonchev–Trinajstić information content (AvgIpc) is 2.94. The van der Waals surface area contributed by atoms with E-state index in [0.29, 0.717) is 25.2 Å². The van der Waals surface area contributed by atoms with Gasteiger partial charge >= 0.3 is 5.97 Å². The molecule has 2 atom stereocenters. The summed E-state index contributed by atoms with van der Waals surface area (Å²) in [7, 11) is 0. The highest BCUT2D eigenvalue weighted by Crippen LogP contribution is 2.52. The molecule has 0 fully saturated rings. The Hall–Kier alpha value is -1.97. The maximum Gasteiger partial charge on any atom is 0.314 e. The Morgan fingerprint density at radius 2 is 2.17 bits per heavy atom. The van der Waals surface area contributed by atoms with Crippen molar-refractivity contribution in [1.29, 1.82) is 5.26 Å². The van der Waals surface area contributed by atoms with E-state index in [1.54, 1.807) is 6.92 Å². The number of benzene rings is 1. The quantitative estimate of drug-likeness (QED) is 0.790. The summed E-state index contributed by atoms with van der Waals surface area (Å²) in [5.41, 5.74) is 1.50. The van der Waals surface area contributed by atoms with Crippen molar-refractivity contribution in [2.45, 2.75) is 31.4 Å². The molecule has 0 radical (unpaired) electrons. The summed E-state index contributed by atoms with van der Waals surface area (Å²) >= 11 is 1.52. The number of para-hydroxylation sites is 1. The molecule has 0 bridgehead atoms. The summed E-state index contributed by atoms with van der Waals surface area (Å²) in [4.78, 5) is 15.4. The van der Waals surface area contributed by atoms with Crippen LogP contribution in [0.1, 0.15) is 20.3 Å². The molecular weight excluding hydrogens is 312 g/mol. The summed E-state index contributed by atoms with van der Waals surface area (Å²) < 4.78 is 11.0. The smallest absolute Gasteiger partial charge is 0.314 e. The average molecular weight is 330 g/mol. The van der Waals surface area contributed by atoms with Crippen molar-refractivity contribution < 1.29 is 14.3 Å². The molecule has 0 aliphatic carbocycles. The molecule has 2 aliphatic heterocycles. The minimum atomic E-state index is -0.565. The number of carbonyl (C=O) groups is 1. The van der Waals surface area contributed by atoms with Crippen LogP contribution >= 0.6 is 11.8 Å². The van der Waals surface area contributed by atoms with Gasteiger partial charge in [0.2, 0.25) is 0 Å². The number of thioether (sulfide) groups is 1. The Labute approximate surface area is 139 Å². The van der Waals surface area contributed by atoms with Gasteiger partial charge in [0.1, 0.15) is 6.23 Å². The Morgan fingerprint density at radius 3 is 2.87 bits per heavy atom. The Kier molecular flexibility index (Phi) is 4.60. The normalized spacial score (nSPS) is 22.4. The molecule has 2 aliphatic rings. The van der Waals surface area contributed by atoms with E-state index in [1.807, 2.05) is 36.1 Å². The minimum Gasteiger partial charge on any atom is -0.465 e. The second-order valence-electron chi connectivity index (χ2n) is 5.22. The first kappa shape index (κ1) is 15.9.